The van der Waals surface area contributed by atoms with Crippen LogP contribution in [-0.2, 0) is 6.42 Å². The third kappa shape index (κ3) is 4.22. The standard InChI is InChI=1S/C18H23N/c1-3-8-17-13-16(14-18(19-17)9-4-2)12-15-10-6-5-7-11-15/h3-7,10-11,13,17-19H,1-2,8-9,12,14H2/p+1/t17-,18+/m0/s1. The lowest BCUT2D eigenvalue weighted by atomic mass is 9.90. The van der Waals surface area contributed by atoms with Crippen molar-refractivity contribution in [1.82, 2.24) is 0 Å². The summed E-state index contributed by atoms with van der Waals surface area (Å²) >= 11 is 0. The van der Waals surface area contributed by atoms with Gasteiger partial charge < -0.3 is 5.32 Å². The molecule has 1 heterocycles. The highest BCUT2D eigenvalue weighted by atomic mass is 15.0. The Balaban J connectivity index is 2.07. The maximum absolute atomic E-state index is 3.88. The Morgan fingerprint density at radius 1 is 1.11 bits per heavy atom. The summed E-state index contributed by atoms with van der Waals surface area (Å²) in [5.41, 5.74) is 2.97. The molecule has 1 nitrogen and oxygen atoms in total. The zero-order valence-corrected chi connectivity index (χ0v) is 11.6. The molecule has 0 saturated heterocycles. The fraction of sp³-hybridized carbons (Fsp3) is 0.333. The van der Waals surface area contributed by atoms with Crippen molar-refractivity contribution < 1.29 is 5.32 Å². The summed E-state index contributed by atoms with van der Waals surface area (Å²) in [4.78, 5) is 0. The Labute approximate surface area is 116 Å². The summed E-state index contributed by atoms with van der Waals surface area (Å²) in [5, 5.41) is 2.47. The first-order valence-corrected chi connectivity index (χ1v) is 7.12. The fourth-order valence-electron chi connectivity index (χ4n) is 2.88. The van der Waals surface area contributed by atoms with E-state index in [9.17, 15) is 0 Å². The molecule has 2 N–H and O–H groups in total. The second-order valence-electron chi connectivity index (χ2n) is 5.36. The van der Waals surface area contributed by atoms with Gasteiger partial charge in [-0.05, 0) is 18.1 Å². The molecule has 0 amide bonds. The lowest BCUT2D eigenvalue weighted by molar-refractivity contribution is -0.713. The third-order valence-electron chi connectivity index (χ3n) is 3.68. The molecule has 1 heteroatoms. The van der Waals surface area contributed by atoms with E-state index < -0.39 is 0 Å². The van der Waals surface area contributed by atoms with Crippen LogP contribution in [0.25, 0.3) is 0 Å². The Hall–Kier alpha value is -1.60. The van der Waals surface area contributed by atoms with E-state index in [2.05, 4.69) is 54.9 Å². The van der Waals surface area contributed by atoms with Crippen molar-refractivity contribution in [2.24, 2.45) is 0 Å². The van der Waals surface area contributed by atoms with E-state index in [1.54, 1.807) is 5.57 Å². The number of benzene rings is 1. The predicted molar refractivity (Wildman–Crippen MR) is 82.0 cm³/mol. The van der Waals surface area contributed by atoms with Gasteiger partial charge in [0.25, 0.3) is 0 Å². The van der Waals surface area contributed by atoms with E-state index in [0.717, 1.165) is 19.3 Å². The van der Waals surface area contributed by atoms with Crippen LogP contribution < -0.4 is 5.32 Å². The van der Waals surface area contributed by atoms with Gasteiger partial charge in [0.05, 0.1) is 6.04 Å². The molecule has 0 aromatic heterocycles. The van der Waals surface area contributed by atoms with E-state index in [1.165, 1.54) is 12.0 Å². The molecule has 19 heavy (non-hydrogen) atoms. The van der Waals surface area contributed by atoms with Crippen LogP contribution in [0, 0.1) is 0 Å². The minimum Gasteiger partial charge on any atom is -0.337 e. The van der Waals surface area contributed by atoms with Crippen molar-refractivity contribution in [2.45, 2.75) is 37.8 Å². The van der Waals surface area contributed by atoms with Gasteiger partial charge in [0.15, 0.2) is 0 Å². The molecule has 0 fully saturated rings. The monoisotopic (exact) mass is 254 g/mol. The second kappa shape index (κ2) is 7.10. The summed E-state index contributed by atoms with van der Waals surface area (Å²) in [5.74, 6) is 0. The first kappa shape index (κ1) is 13.8. The van der Waals surface area contributed by atoms with E-state index in [4.69, 9.17) is 0 Å². The van der Waals surface area contributed by atoms with Crippen molar-refractivity contribution in [2.75, 3.05) is 0 Å². The average Bonchev–Trinajstić information content (AvgIpc) is 2.40. The zero-order valence-electron chi connectivity index (χ0n) is 11.6. The smallest absolute Gasteiger partial charge is 0.108 e. The van der Waals surface area contributed by atoms with Crippen LogP contribution in [0.2, 0.25) is 0 Å². The summed E-state index contributed by atoms with van der Waals surface area (Å²) in [6, 6.07) is 11.9. The molecule has 100 valence electrons. The number of hydrogen-bond acceptors (Lipinski definition) is 0. The Kier molecular flexibility index (Phi) is 5.17. The maximum Gasteiger partial charge on any atom is 0.108 e. The molecule has 1 aromatic rings. The first-order valence-electron chi connectivity index (χ1n) is 7.12. The van der Waals surface area contributed by atoms with Crippen molar-refractivity contribution in [3.8, 4) is 0 Å². The molecule has 0 radical (unpaired) electrons. The van der Waals surface area contributed by atoms with Crippen molar-refractivity contribution in [1.29, 1.82) is 0 Å². The highest BCUT2D eigenvalue weighted by molar-refractivity contribution is 5.23. The quantitative estimate of drug-likeness (QED) is 0.752. The van der Waals surface area contributed by atoms with Gasteiger partial charge in [-0.25, -0.2) is 0 Å². The van der Waals surface area contributed by atoms with Crippen molar-refractivity contribution >= 4 is 0 Å². The highest BCUT2D eigenvalue weighted by Crippen LogP contribution is 2.18. The third-order valence-corrected chi connectivity index (χ3v) is 3.68. The van der Waals surface area contributed by atoms with Crippen LogP contribution in [0.3, 0.4) is 0 Å². The summed E-state index contributed by atoms with van der Waals surface area (Å²) in [6.45, 7) is 7.74. The Morgan fingerprint density at radius 2 is 1.84 bits per heavy atom. The summed E-state index contributed by atoms with van der Waals surface area (Å²) < 4.78 is 0. The minimum absolute atomic E-state index is 0.551. The molecule has 1 aliphatic heterocycles. The topological polar surface area (TPSA) is 16.6 Å². The fourth-order valence-corrected chi connectivity index (χ4v) is 2.88. The van der Waals surface area contributed by atoms with Crippen LogP contribution in [-0.4, -0.2) is 12.1 Å². The molecule has 1 aliphatic rings. The maximum atomic E-state index is 3.88. The van der Waals surface area contributed by atoms with Crippen LogP contribution in [0.4, 0.5) is 0 Å². The van der Waals surface area contributed by atoms with Crippen LogP contribution in [0.1, 0.15) is 24.8 Å². The van der Waals surface area contributed by atoms with E-state index in [0.29, 0.717) is 12.1 Å². The molecule has 0 aliphatic carbocycles. The lowest BCUT2D eigenvalue weighted by Crippen LogP contribution is -2.95. The molecule has 0 unspecified atom stereocenters. The molecular formula is C18H24N+. The first-order chi connectivity index (χ1) is 9.31. The zero-order chi connectivity index (χ0) is 13.5. The highest BCUT2D eigenvalue weighted by Gasteiger charge is 2.23. The van der Waals surface area contributed by atoms with Gasteiger partial charge in [0, 0.05) is 19.3 Å². The lowest BCUT2D eigenvalue weighted by Gasteiger charge is -2.26. The largest absolute Gasteiger partial charge is 0.337 e. The number of hydrogen-bond donors (Lipinski definition) is 1. The molecule has 1 aromatic carbocycles. The van der Waals surface area contributed by atoms with Gasteiger partial charge in [-0.1, -0.05) is 48.1 Å². The van der Waals surface area contributed by atoms with Gasteiger partial charge in [0.2, 0.25) is 0 Å². The van der Waals surface area contributed by atoms with Gasteiger partial charge in [-0.2, -0.15) is 0 Å². The average molecular weight is 254 g/mol. The Morgan fingerprint density at radius 3 is 2.53 bits per heavy atom. The molecule has 0 spiro atoms. The molecule has 0 bridgehead atoms. The van der Waals surface area contributed by atoms with Crippen LogP contribution in [0.5, 0.6) is 0 Å². The van der Waals surface area contributed by atoms with Gasteiger partial charge in [-0.3, -0.25) is 0 Å². The normalized spacial score (nSPS) is 22.6. The number of rotatable bonds is 6. The predicted octanol–water partition coefficient (Wildman–Crippen LogP) is 3.01. The summed E-state index contributed by atoms with van der Waals surface area (Å²) in [7, 11) is 0. The minimum atomic E-state index is 0.551. The molecule has 0 saturated carbocycles. The molecule has 2 rings (SSSR count). The van der Waals surface area contributed by atoms with Gasteiger partial charge in [0.1, 0.15) is 6.04 Å². The molecular weight excluding hydrogens is 230 g/mol. The summed E-state index contributed by atoms with van der Waals surface area (Å²) in [6.07, 6.45) is 10.9. The SMILES string of the molecule is C=CC[C@@H]1CC(Cc2ccccc2)=C[C@H](CC=C)[NH2+]1. The van der Waals surface area contributed by atoms with Crippen molar-refractivity contribution in [3.05, 3.63) is 72.9 Å². The van der Waals surface area contributed by atoms with Gasteiger partial charge in [-0.15, -0.1) is 13.2 Å². The van der Waals surface area contributed by atoms with Crippen LogP contribution >= 0.6 is 0 Å². The number of nitrogens with two attached hydrogens (primary N) is 1. The van der Waals surface area contributed by atoms with Crippen molar-refractivity contribution in [3.63, 3.8) is 0 Å². The second-order valence-corrected chi connectivity index (χ2v) is 5.36. The number of quaternary nitrogens is 1. The van der Waals surface area contributed by atoms with Gasteiger partial charge >= 0.3 is 0 Å². The van der Waals surface area contributed by atoms with E-state index in [1.807, 2.05) is 12.2 Å². The van der Waals surface area contributed by atoms with E-state index >= 15 is 0 Å². The Bertz CT molecular complexity index is 444. The molecule has 2 atom stereocenters. The van der Waals surface area contributed by atoms with E-state index in [-0.39, 0.29) is 0 Å². The van der Waals surface area contributed by atoms with Crippen LogP contribution in [0.15, 0.2) is 67.3 Å².